The quantitative estimate of drug-likeness (QED) is 0.271. The molecular weight excluding hydrogens is 438 g/mol. The zero-order valence-electron chi connectivity index (χ0n) is 18.6. The molecule has 0 radical (unpaired) electrons. The van der Waals surface area contributed by atoms with Crippen molar-refractivity contribution in [2.45, 2.75) is 26.8 Å². The van der Waals surface area contributed by atoms with Crippen LogP contribution in [0.25, 0.3) is 0 Å². The van der Waals surface area contributed by atoms with E-state index in [2.05, 4.69) is 10.2 Å². The molecule has 2 rings (SSSR count). The average Bonchev–Trinajstić information content (AvgIpc) is 2.79. The van der Waals surface area contributed by atoms with Gasteiger partial charge in [-0.05, 0) is 32.9 Å². The molecular formula is C22H26ClN3O6. The third-order valence-electron chi connectivity index (χ3n) is 4.19. The Labute approximate surface area is 192 Å². The molecule has 0 aliphatic carbocycles. The molecule has 1 amide bonds. The van der Waals surface area contributed by atoms with E-state index in [9.17, 15) is 9.59 Å². The standard InChI is InChI=1S/C22H26ClN3O6/c1-6-31-16-8-9-20(32-7-2)19(13-16)26(23)22(28)21(14(3)27)25-24-15-10-17(29-4)12-18(11-15)30-5/h8-13,21H,6-7H2,1-5H3. The van der Waals surface area contributed by atoms with Crippen LogP contribution in [0.1, 0.15) is 20.8 Å². The van der Waals surface area contributed by atoms with E-state index < -0.39 is 17.7 Å². The highest BCUT2D eigenvalue weighted by Gasteiger charge is 2.30. The molecule has 2 aromatic carbocycles. The fraction of sp³-hybridized carbons (Fsp3) is 0.364. The molecule has 1 unspecified atom stereocenters. The third-order valence-corrected chi connectivity index (χ3v) is 4.54. The maximum absolute atomic E-state index is 13.1. The maximum atomic E-state index is 13.1. The topological polar surface area (TPSA) is 99.0 Å². The molecule has 0 spiro atoms. The molecule has 0 bridgehead atoms. The van der Waals surface area contributed by atoms with Crippen LogP contribution in [0.5, 0.6) is 23.0 Å². The number of hydrogen-bond acceptors (Lipinski definition) is 8. The van der Waals surface area contributed by atoms with Crippen LogP contribution in [0, 0.1) is 0 Å². The van der Waals surface area contributed by atoms with Gasteiger partial charge in [0.05, 0.1) is 33.1 Å². The van der Waals surface area contributed by atoms with E-state index in [1.807, 2.05) is 6.92 Å². The van der Waals surface area contributed by atoms with Crippen molar-refractivity contribution in [1.29, 1.82) is 0 Å². The molecule has 10 heteroatoms. The van der Waals surface area contributed by atoms with Crippen LogP contribution in [-0.4, -0.2) is 45.2 Å². The predicted octanol–water partition coefficient (Wildman–Crippen LogP) is 4.73. The number of methoxy groups -OCH3 is 2. The number of rotatable bonds is 11. The van der Waals surface area contributed by atoms with Crippen molar-refractivity contribution in [3.63, 3.8) is 0 Å². The summed E-state index contributed by atoms with van der Waals surface area (Å²) in [5.74, 6) is 0.504. The summed E-state index contributed by atoms with van der Waals surface area (Å²) in [4.78, 5) is 25.3. The number of carbonyl (C=O) groups is 2. The Kier molecular flexibility index (Phi) is 9.27. The lowest BCUT2D eigenvalue weighted by atomic mass is 10.2. The van der Waals surface area contributed by atoms with Crippen LogP contribution < -0.4 is 23.4 Å². The van der Waals surface area contributed by atoms with Gasteiger partial charge in [0, 0.05) is 36.0 Å². The van der Waals surface area contributed by atoms with E-state index in [0.29, 0.717) is 41.9 Å². The van der Waals surface area contributed by atoms with Gasteiger partial charge in [-0.15, -0.1) is 0 Å². The summed E-state index contributed by atoms with van der Waals surface area (Å²) in [6.45, 7) is 5.65. The van der Waals surface area contributed by atoms with Gasteiger partial charge in [-0.3, -0.25) is 9.59 Å². The van der Waals surface area contributed by atoms with Crippen molar-refractivity contribution < 1.29 is 28.5 Å². The van der Waals surface area contributed by atoms with Crippen LogP contribution in [0.4, 0.5) is 11.4 Å². The molecule has 172 valence electrons. The molecule has 1 atom stereocenters. The van der Waals surface area contributed by atoms with Crippen LogP contribution in [0.2, 0.25) is 0 Å². The molecule has 0 N–H and O–H groups in total. The summed E-state index contributed by atoms with van der Waals surface area (Å²) < 4.78 is 22.2. The number of amides is 1. The second kappa shape index (κ2) is 11.9. The molecule has 0 heterocycles. The van der Waals surface area contributed by atoms with Gasteiger partial charge < -0.3 is 18.9 Å². The first-order valence-electron chi connectivity index (χ1n) is 9.88. The van der Waals surface area contributed by atoms with Crippen LogP contribution in [0.3, 0.4) is 0 Å². The zero-order valence-corrected chi connectivity index (χ0v) is 19.4. The van der Waals surface area contributed by atoms with Crippen molar-refractivity contribution >= 4 is 34.8 Å². The predicted molar refractivity (Wildman–Crippen MR) is 121 cm³/mol. The highest BCUT2D eigenvalue weighted by molar-refractivity contribution is 6.39. The van der Waals surface area contributed by atoms with Gasteiger partial charge in [-0.25, -0.2) is 4.42 Å². The van der Waals surface area contributed by atoms with Crippen molar-refractivity contribution in [1.82, 2.24) is 0 Å². The summed E-state index contributed by atoms with van der Waals surface area (Å²) in [7, 11) is 2.99. The SMILES string of the molecule is CCOc1ccc(OCC)c(N(Cl)C(=O)C(N=Nc2cc(OC)cc(OC)c2)C(C)=O)c1. The molecule has 0 saturated heterocycles. The minimum absolute atomic E-state index is 0.231. The first kappa shape index (κ1) is 24.9. The van der Waals surface area contributed by atoms with Crippen LogP contribution in [-0.2, 0) is 9.59 Å². The van der Waals surface area contributed by atoms with Gasteiger partial charge in [0.15, 0.2) is 5.78 Å². The van der Waals surface area contributed by atoms with Crippen LogP contribution in [0.15, 0.2) is 46.6 Å². The van der Waals surface area contributed by atoms with E-state index in [1.165, 1.54) is 21.1 Å². The number of carbonyl (C=O) groups excluding carboxylic acids is 2. The Morgan fingerprint density at radius 1 is 0.969 bits per heavy atom. The third kappa shape index (κ3) is 6.34. The average molecular weight is 464 g/mol. The molecule has 9 nitrogen and oxygen atoms in total. The summed E-state index contributed by atoms with van der Waals surface area (Å²) in [6, 6.07) is 8.27. The number of ether oxygens (including phenoxy) is 4. The maximum Gasteiger partial charge on any atom is 0.276 e. The fourth-order valence-electron chi connectivity index (χ4n) is 2.69. The Morgan fingerprint density at radius 2 is 1.59 bits per heavy atom. The van der Waals surface area contributed by atoms with Gasteiger partial charge in [0.1, 0.15) is 28.7 Å². The molecule has 0 aliphatic heterocycles. The minimum atomic E-state index is -1.46. The molecule has 0 aromatic heterocycles. The van der Waals surface area contributed by atoms with E-state index >= 15 is 0 Å². The lowest BCUT2D eigenvalue weighted by Crippen LogP contribution is -2.36. The number of nitrogens with zero attached hydrogens (tertiary/aromatic N) is 3. The monoisotopic (exact) mass is 463 g/mol. The van der Waals surface area contributed by atoms with Crippen molar-refractivity contribution in [3.05, 3.63) is 36.4 Å². The summed E-state index contributed by atoms with van der Waals surface area (Å²) in [6.07, 6.45) is 0. The highest BCUT2D eigenvalue weighted by atomic mass is 35.5. The van der Waals surface area contributed by atoms with Gasteiger partial charge in [-0.2, -0.15) is 10.2 Å². The first-order chi connectivity index (χ1) is 15.3. The van der Waals surface area contributed by atoms with E-state index in [-0.39, 0.29) is 5.69 Å². The normalized spacial score (nSPS) is 11.7. The molecule has 0 fully saturated rings. The summed E-state index contributed by atoms with van der Waals surface area (Å²) >= 11 is 6.34. The second-order valence-electron chi connectivity index (χ2n) is 6.41. The van der Waals surface area contributed by atoms with Gasteiger partial charge in [0.2, 0.25) is 6.04 Å². The summed E-state index contributed by atoms with van der Waals surface area (Å²) in [5.41, 5.74) is 0.573. The molecule has 2 aromatic rings. The van der Waals surface area contributed by atoms with Crippen LogP contribution >= 0.6 is 11.8 Å². The van der Waals surface area contributed by atoms with Gasteiger partial charge >= 0.3 is 0 Å². The second-order valence-corrected chi connectivity index (χ2v) is 6.75. The van der Waals surface area contributed by atoms with E-state index in [0.717, 1.165) is 4.42 Å². The molecule has 0 aliphatic rings. The van der Waals surface area contributed by atoms with Crippen molar-refractivity contribution in [3.8, 4) is 23.0 Å². The minimum Gasteiger partial charge on any atom is -0.497 e. The molecule has 32 heavy (non-hydrogen) atoms. The molecule has 0 saturated carbocycles. The number of ketones is 1. The number of benzene rings is 2. The Morgan fingerprint density at radius 3 is 2.12 bits per heavy atom. The Bertz CT molecular complexity index is 960. The Balaban J connectivity index is 2.37. The Hall–Kier alpha value is -3.33. The first-order valence-corrected chi connectivity index (χ1v) is 10.2. The fourth-order valence-corrected chi connectivity index (χ4v) is 2.91. The lowest BCUT2D eigenvalue weighted by molar-refractivity contribution is -0.126. The highest BCUT2D eigenvalue weighted by Crippen LogP contribution is 2.35. The number of anilines is 1. The lowest BCUT2D eigenvalue weighted by Gasteiger charge is -2.20. The number of halogens is 1. The summed E-state index contributed by atoms with van der Waals surface area (Å²) in [5, 5.41) is 7.97. The van der Waals surface area contributed by atoms with Gasteiger partial charge in [-0.1, -0.05) is 0 Å². The number of Topliss-reactive ketones (excluding diaryl/α,β-unsaturated/α-hetero) is 1. The zero-order chi connectivity index (χ0) is 23.7. The van der Waals surface area contributed by atoms with Gasteiger partial charge in [0.25, 0.3) is 5.91 Å². The van der Waals surface area contributed by atoms with Crippen molar-refractivity contribution in [2.75, 3.05) is 31.9 Å². The number of hydrogen-bond donors (Lipinski definition) is 0. The number of azo groups is 1. The van der Waals surface area contributed by atoms with Crippen molar-refractivity contribution in [2.24, 2.45) is 10.2 Å². The largest absolute Gasteiger partial charge is 0.497 e. The van der Waals surface area contributed by atoms with E-state index in [4.69, 9.17) is 30.7 Å². The van der Waals surface area contributed by atoms with E-state index in [1.54, 1.807) is 43.3 Å². The smallest absolute Gasteiger partial charge is 0.276 e.